The van der Waals surface area contributed by atoms with Gasteiger partial charge >= 0.3 is 6.18 Å². The van der Waals surface area contributed by atoms with E-state index in [0.29, 0.717) is 24.4 Å². The maximum Gasteiger partial charge on any atom is 0.416 e. The number of rotatable bonds is 4. The molecule has 0 bridgehead atoms. The summed E-state index contributed by atoms with van der Waals surface area (Å²) in [5.41, 5.74) is 2.92. The van der Waals surface area contributed by atoms with E-state index >= 15 is 0 Å². The van der Waals surface area contributed by atoms with Gasteiger partial charge in [0.1, 0.15) is 5.76 Å². The topological polar surface area (TPSA) is 48.7 Å². The molecule has 34 heavy (non-hydrogen) atoms. The number of nitrogens with one attached hydrogen (secondary N) is 1. The number of fused-ring (bicyclic) bond motifs is 3. The number of amides is 1. The number of nitrogens with zero attached hydrogens (tertiary/aromatic N) is 2. The second-order valence-electron chi connectivity index (χ2n) is 8.99. The molecule has 0 aliphatic carbocycles. The van der Waals surface area contributed by atoms with E-state index in [4.69, 9.17) is 4.42 Å². The lowest BCUT2D eigenvalue weighted by molar-refractivity contribution is -0.137. The van der Waals surface area contributed by atoms with Crippen LogP contribution in [-0.4, -0.2) is 31.6 Å². The van der Waals surface area contributed by atoms with Crippen LogP contribution in [0, 0.1) is 12.8 Å². The van der Waals surface area contributed by atoms with E-state index in [-0.39, 0.29) is 24.9 Å². The van der Waals surface area contributed by atoms with E-state index in [0.717, 1.165) is 24.0 Å². The summed E-state index contributed by atoms with van der Waals surface area (Å²) in [7, 11) is 0. The summed E-state index contributed by atoms with van der Waals surface area (Å²) in [5, 5.41) is 2.93. The van der Waals surface area contributed by atoms with Crippen molar-refractivity contribution in [2.24, 2.45) is 5.92 Å². The third kappa shape index (κ3) is 4.36. The first-order valence-electron chi connectivity index (χ1n) is 11.4. The summed E-state index contributed by atoms with van der Waals surface area (Å²) < 4.78 is 45.5. The van der Waals surface area contributed by atoms with Crippen LogP contribution in [0.2, 0.25) is 0 Å². The Morgan fingerprint density at radius 3 is 2.62 bits per heavy atom. The average Bonchev–Trinajstić information content (AvgIpc) is 3.35. The molecule has 2 unspecified atom stereocenters. The molecule has 2 aromatic carbocycles. The van der Waals surface area contributed by atoms with Crippen molar-refractivity contribution >= 4 is 17.3 Å². The van der Waals surface area contributed by atoms with Crippen LogP contribution in [0.25, 0.3) is 0 Å². The van der Waals surface area contributed by atoms with Gasteiger partial charge < -0.3 is 19.5 Å². The Morgan fingerprint density at radius 2 is 1.91 bits per heavy atom. The van der Waals surface area contributed by atoms with Crippen molar-refractivity contribution < 1.29 is 22.4 Å². The number of furan rings is 1. The minimum atomic E-state index is -4.42. The van der Waals surface area contributed by atoms with Gasteiger partial charge in [-0.15, -0.1) is 0 Å². The minimum Gasteiger partial charge on any atom is -0.467 e. The molecular formula is C26H26F3N3O2. The van der Waals surface area contributed by atoms with Gasteiger partial charge in [0.05, 0.1) is 30.3 Å². The molecule has 3 aromatic rings. The zero-order valence-electron chi connectivity index (χ0n) is 18.8. The first-order chi connectivity index (χ1) is 16.3. The lowest BCUT2D eigenvalue weighted by Gasteiger charge is -2.49. The van der Waals surface area contributed by atoms with Gasteiger partial charge in [-0.1, -0.05) is 17.7 Å². The predicted octanol–water partition coefficient (Wildman–Crippen LogP) is 4.79. The van der Waals surface area contributed by atoms with Gasteiger partial charge in [0.15, 0.2) is 0 Å². The van der Waals surface area contributed by atoms with Crippen molar-refractivity contribution in [1.29, 1.82) is 0 Å². The summed E-state index contributed by atoms with van der Waals surface area (Å²) in [6.07, 6.45) is -2.63. The van der Waals surface area contributed by atoms with E-state index in [9.17, 15) is 18.0 Å². The molecule has 5 rings (SSSR count). The average molecular weight is 470 g/mol. The van der Waals surface area contributed by atoms with Gasteiger partial charge in [0, 0.05) is 31.0 Å². The summed E-state index contributed by atoms with van der Waals surface area (Å²) in [4.78, 5) is 17.7. The number of aryl methyl sites for hydroxylation is 1. The molecule has 1 saturated heterocycles. The number of carbonyl (C=O) groups is 1. The minimum absolute atomic E-state index is 0.157. The number of benzene rings is 2. The number of piperazine rings is 1. The highest BCUT2D eigenvalue weighted by molar-refractivity contribution is 5.82. The van der Waals surface area contributed by atoms with E-state index in [1.165, 1.54) is 11.6 Å². The molecule has 2 aliphatic heterocycles. The SMILES string of the molecule is Cc1ccc(N2CCN3c4ccc(C(F)(F)F)cc4CC(C(=O)NCc4ccco4)C3C2)cc1. The Bertz CT molecular complexity index is 1160. The molecule has 0 saturated carbocycles. The van der Waals surface area contributed by atoms with Crippen molar-refractivity contribution in [2.75, 3.05) is 29.4 Å². The molecule has 8 heteroatoms. The fourth-order valence-corrected chi connectivity index (χ4v) is 5.01. The highest BCUT2D eigenvalue weighted by Crippen LogP contribution is 2.40. The van der Waals surface area contributed by atoms with E-state index in [2.05, 4.69) is 39.4 Å². The van der Waals surface area contributed by atoms with Crippen molar-refractivity contribution in [2.45, 2.75) is 32.1 Å². The number of alkyl halides is 3. The Morgan fingerprint density at radius 1 is 1.12 bits per heavy atom. The second kappa shape index (κ2) is 8.74. The van der Waals surface area contributed by atoms with Crippen molar-refractivity contribution in [3.63, 3.8) is 0 Å². The van der Waals surface area contributed by atoms with Gasteiger partial charge in [-0.25, -0.2) is 0 Å². The molecule has 2 atom stereocenters. The molecule has 3 heterocycles. The summed E-state index contributed by atoms with van der Waals surface area (Å²) in [6.45, 7) is 4.24. The summed E-state index contributed by atoms with van der Waals surface area (Å²) >= 11 is 0. The quantitative estimate of drug-likeness (QED) is 0.597. The standard InChI is InChI=1S/C26H26F3N3O2/c1-17-4-7-20(8-5-17)31-10-11-32-23-9-6-19(26(27,28)29)13-18(23)14-22(24(32)16-31)25(33)30-15-21-3-2-12-34-21/h2-9,12-13,22,24H,10-11,14-16H2,1H3,(H,30,33). The van der Waals surface area contributed by atoms with Crippen LogP contribution in [-0.2, 0) is 23.9 Å². The van der Waals surface area contributed by atoms with Crippen LogP contribution in [0.5, 0.6) is 0 Å². The lowest BCUT2D eigenvalue weighted by Crippen LogP contribution is -2.61. The van der Waals surface area contributed by atoms with E-state index in [1.54, 1.807) is 24.5 Å². The zero-order valence-corrected chi connectivity index (χ0v) is 18.8. The zero-order chi connectivity index (χ0) is 23.9. The fourth-order valence-electron chi connectivity index (χ4n) is 5.01. The molecule has 1 N–H and O–H groups in total. The predicted molar refractivity (Wildman–Crippen MR) is 124 cm³/mol. The first kappa shape index (κ1) is 22.4. The molecule has 1 fully saturated rings. The highest BCUT2D eigenvalue weighted by Gasteiger charge is 2.42. The van der Waals surface area contributed by atoms with Crippen LogP contribution < -0.4 is 15.1 Å². The Kier molecular flexibility index (Phi) is 5.75. The maximum absolute atomic E-state index is 13.4. The van der Waals surface area contributed by atoms with E-state index in [1.807, 2.05) is 6.92 Å². The molecule has 5 nitrogen and oxygen atoms in total. The number of halogens is 3. The Labute approximate surface area is 196 Å². The molecule has 178 valence electrons. The largest absolute Gasteiger partial charge is 0.467 e. The normalized spacial score (nSPS) is 20.0. The van der Waals surface area contributed by atoms with Crippen LogP contribution >= 0.6 is 0 Å². The second-order valence-corrected chi connectivity index (χ2v) is 8.99. The number of carbonyl (C=O) groups excluding carboxylic acids is 1. The number of hydrogen-bond acceptors (Lipinski definition) is 4. The summed E-state index contributed by atoms with van der Waals surface area (Å²) in [6, 6.07) is 15.5. The number of anilines is 2. The van der Waals surface area contributed by atoms with Crippen molar-refractivity contribution in [3.8, 4) is 0 Å². The van der Waals surface area contributed by atoms with Crippen LogP contribution in [0.1, 0.15) is 22.5 Å². The number of hydrogen-bond donors (Lipinski definition) is 1. The third-order valence-corrected chi connectivity index (χ3v) is 6.79. The monoisotopic (exact) mass is 469 g/mol. The van der Waals surface area contributed by atoms with Gasteiger partial charge in [0.2, 0.25) is 5.91 Å². The van der Waals surface area contributed by atoms with Crippen LogP contribution in [0.3, 0.4) is 0 Å². The molecule has 0 spiro atoms. The van der Waals surface area contributed by atoms with Crippen molar-refractivity contribution in [3.05, 3.63) is 83.3 Å². The third-order valence-electron chi connectivity index (χ3n) is 6.79. The van der Waals surface area contributed by atoms with Crippen molar-refractivity contribution in [1.82, 2.24) is 5.32 Å². The van der Waals surface area contributed by atoms with Crippen LogP contribution in [0.4, 0.5) is 24.5 Å². The van der Waals surface area contributed by atoms with Crippen LogP contribution in [0.15, 0.2) is 65.3 Å². The smallest absolute Gasteiger partial charge is 0.416 e. The molecule has 1 amide bonds. The van der Waals surface area contributed by atoms with Gasteiger partial charge in [0.25, 0.3) is 0 Å². The highest BCUT2D eigenvalue weighted by atomic mass is 19.4. The fraction of sp³-hybridized carbons (Fsp3) is 0.346. The molecule has 2 aliphatic rings. The van der Waals surface area contributed by atoms with Gasteiger partial charge in [-0.2, -0.15) is 13.2 Å². The molecule has 0 radical (unpaired) electrons. The molecular weight excluding hydrogens is 443 g/mol. The van der Waals surface area contributed by atoms with Gasteiger partial charge in [-0.3, -0.25) is 4.79 Å². The lowest BCUT2D eigenvalue weighted by atomic mass is 9.82. The maximum atomic E-state index is 13.4. The Hall–Kier alpha value is -3.42. The van der Waals surface area contributed by atoms with E-state index < -0.39 is 17.7 Å². The molecule has 1 aromatic heterocycles. The van der Waals surface area contributed by atoms with Gasteiger partial charge in [-0.05, 0) is 61.4 Å². The summed E-state index contributed by atoms with van der Waals surface area (Å²) in [5.74, 6) is -0.0369. The first-order valence-corrected chi connectivity index (χ1v) is 11.4. The Balaban J connectivity index is 1.45.